The number of fused-ring (bicyclic) bond motifs is 1. The molecule has 0 spiro atoms. The number of hydrogen-bond donors (Lipinski definition) is 1. The van der Waals surface area contributed by atoms with Gasteiger partial charge in [-0.1, -0.05) is 42.5 Å². The van der Waals surface area contributed by atoms with Crippen molar-refractivity contribution in [3.05, 3.63) is 83.2 Å². The van der Waals surface area contributed by atoms with Gasteiger partial charge in [-0.2, -0.15) is 22.8 Å². The van der Waals surface area contributed by atoms with Gasteiger partial charge in [0.25, 0.3) is 5.82 Å². The average molecular weight is 533 g/mol. The third-order valence-corrected chi connectivity index (χ3v) is 7.81. The first-order chi connectivity index (χ1) is 18.8. The molecule has 202 valence electrons. The van der Waals surface area contributed by atoms with E-state index in [4.69, 9.17) is 0 Å². The standard InChI is InChI=1S/C30H31F3N6/c1-20-9-16-26(22-7-3-2-4-8-22)35-27(20)39-29(36-28(37-39)30(31,32)33)34-24-13-10-21-11-14-25(15-12-23(21)19-24)38-17-5-6-18-38/h2-4,7-10,13,16,19,25H,5-6,11-12,14-15,17-18H2,1H3,(H,34,36,37). The number of halogens is 3. The summed E-state index contributed by atoms with van der Waals surface area (Å²) in [7, 11) is 0. The van der Waals surface area contributed by atoms with E-state index >= 15 is 0 Å². The van der Waals surface area contributed by atoms with Gasteiger partial charge in [0.15, 0.2) is 5.82 Å². The van der Waals surface area contributed by atoms with E-state index in [1.54, 1.807) is 6.92 Å². The van der Waals surface area contributed by atoms with Crippen LogP contribution in [-0.2, 0) is 19.0 Å². The van der Waals surface area contributed by atoms with Crippen LogP contribution in [0.4, 0.5) is 24.8 Å². The van der Waals surface area contributed by atoms with E-state index in [1.807, 2.05) is 48.5 Å². The number of aromatic nitrogens is 4. The number of alkyl halides is 3. The van der Waals surface area contributed by atoms with Gasteiger partial charge < -0.3 is 10.2 Å². The van der Waals surface area contributed by atoms with Crippen LogP contribution in [0.15, 0.2) is 60.7 Å². The van der Waals surface area contributed by atoms with Crippen molar-refractivity contribution in [1.82, 2.24) is 24.6 Å². The normalized spacial score (nSPS) is 18.1. The van der Waals surface area contributed by atoms with Gasteiger partial charge in [0.05, 0.1) is 5.69 Å². The van der Waals surface area contributed by atoms with E-state index in [-0.39, 0.29) is 5.95 Å². The zero-order valence-corrected chi connectivity index (χ0v) is 21.9. The van der Waals surface area contributed by atoms with E-state index in [9.17, 15) is 13.2 Å². The fraction of sp³-hybridized carbons (Fsp3) is 0.367. The number of benzene rings is 2. The van der Waals surface area contributed by atoms with Crippen LogP contribution in [0.1, 0.15) is 48.2 Å². The number of hydrogen-bond acceptors (Lipinski definition) is 5. The maximum atomic E-state index is 13.7. The summed E-state index contributed by atoms with van der Waals surface area (Å²) in [6, 6.07) is 19.9. The lowest BCUT2D eigenvalue weighted by Crippen LogP contribution is -2.32. The van der Waals surface area contributed by atoms with E-state index in [1.165, 1.54) is 41.7 Å². The molecule has 2 aromatic carbocycles. The number of pyridine rings is 1. The summed E-state index contributed by atoms with van der Waals surface area (Å²) in [4.78, 5) is 11.2. The molecule has 2 aliphatic rings. The summed E-state index contributed by atoms with van der Waals surface area (Å²) in [5.74, 6) is -0.934. The molecule has 3 heterocycles. The van der Waals surface area contributed by atoms with Crippen LogP contribution in [0.3, 0.4) is 0 Å². The van der Waals surface area contributed by atoms with Crippen molar-refractivity contribution >= 4 is 11.6 Å². The summed E-state index contributed by atoms with van der Waals surface area (Å²) >= 11 is 0. The monoisotopic (exact) mass is 532 g/mol. The fourth-order valence-corrected chi connectivity index (χ4v) is 5.73. The van der Waals surface area contributed by atoms with Crippen molar-refractivity contribution < 1.29 is 13.2 Å². The minimum Gasteiger partial charge on any atom is -0.324 e. The summed E-state index contributed by atoms with van der Waals surface area (Å²) in [6.45, 7) is 4.17. The van der Waals surface area contributed by atoms with Gasteiger partial charge in [-0.25, -0.2) is 4.98 Å². The molecule has 4 aromatic rings. The maximum Gasteiger partial charge on any atom is 0.453 e. The minimum absolute atomic E-state index is 0.0216. The lowest BCUT2D eigenvalue weighted by Gasteiger charge is -2.25. The van der Waals surface area contributed by atoms with Crippen LogP contribution in [0.25, 0.3) is 17.1 Å². The number of nitrogens with zero attached hydrogens (tertiary/aromatic N) is 5. The molecular formula is C30H31F3N6. The van der Waals surface area contributed by atoms with E-state index in [0.717, 1.165) is 31.2 Å². The van der Waals surface area contributed by atoms with Crippen molar-refractivity contribution in [3.63, 3.8) is 0 Å². The topological polar surface area (TPSA) is 58.9 Å². The molecule has 6 rings (SSSR count). The molecule has 1 unspecified atom stereocenters. The smallest absolute Gasteiger partial charge is 0.324 e. The lowest BCUT2D eigenvalue weighted by atomic mass is 10.0. The second kappa shape index (κ2) is 10.4. The van der Waals surface area contributed by atoms with Gasteiger partial charge in [-0.05, 0) is 93.4 Å². The SMILES string of the molecule is Cc1ccc(-c2ccccc2)nc1-n1nc(C(F)(F)F)nc1Nc1ccc2c(c1)CCC(N1CCCC1)CC2. The molecule has 6 nitrogen and oxygen atoms in total. The Morgan fingerprint density at radius 3 is 2.36 bits per heavy atom. The molecule has 39 heavy (non-hydrogen) atoms. The van der Waals surface area contributed by atoms with Crippen LogP contribution in [0, 0.1) is 6.92 Å². The van der Waals surface area contributed by atoms with E-state index in [0.29, 0.717) is 28.8 Å². The molecule has 0 bridgehead atoms. The van der Waals surface area contributed by atoms with Crippen LogP contribution in [0.2, 0.25) is 0 Å². The Morgan fingerprint density at radius 1 is 0.872 bits per heavy atom. The molecule has 1 aliphatic heterocycles. The number of rotatable bonds is 5. The molecular weight excluding hydrogens is 501 g/mol. The average Bonchev–Trinajstić information content (AvgIpc) is 3.57. The van der Waals surface area contributed by atoms with Gasteiger partial charge in [0.2, 0.25) is 5.95 Å². The number of aryl methyl sites for hydroxylation is 3. The van der Waals surface area contributed by atoms with E-state index in [2.05, 4.69) is 37.4 Å². The van der Waals surface area contributed by atoms with Gasteiger partial charge >= 0.3 is 6.18 Å². The van der Waals surface area contributed by atoms with Gasteiger partial charge in [-0.3, -0.25) is 0 Å². The van der Waals surface area contributed by atoms with Crippen molar-refractivity contribution in [1.29, 1.82) is 0 Å². The molecule has 1 N–H and O–H groups in total. The van der Waals surface area contributed by atoms with E-state index < -0.39 is 12.0 Å². The summed E-state index contributed by atoms with van der Waals surface area (Å²) < 4.78 is 42.3. The molecule has 2 aromatic heterocycles. The quantitative estimate of drug-likeness (QED) is 0.289. The number of anilines is 2. The van der Waals surface area contributed by atoms with Crippen molar-refractivity contribution in [2.45, 2.75) is 57.7 Å². The van der Waals surface area contributed by atoms with Crippen LogP contribution in [0.5, 0.6) is 0 Å². The third-order valence-electron chi connectivity index (χ3n) is 7.81. The van der Waals surface area contributed by atoms with Crippen molar-refractivity contribution in [2.75, 3.05) is 18.4 Å². The molecule has 0 saturated carbocycles. The van der Waals surface area contributed by atoms with Crippen molar-refractivity contribution in [3.8, 4) is 17.1 Å². The molecule has 0 radical (unpaired) electrons. The Bertz CT molecular complexity index is 1460. The Morgan fingerprint density at radius 2 is 1.62 bits per heavy atom. The van der Waals surface area contributed by atoms with Crippen LogP contribution in [-0.4, -0.2) is 43.8 Å². The highest BCUT2D eigenvalue weighted by Crippen LogP contribution is 2.32. The Hall–Kier alpha value is -3.72. The van der Waals surface area contributed by atoms with Gasteiger partial charge in [-0.15, -0.1) is 5.10 Å². The van der Waals surface area contributed by atoms with Crippen LogP contribution >= 0.6 is 0 Å². The summed E-state index contributed by atoms with van der Waals surface area (Å²) in [5.41, 5.74) is 5.43. The first-order valence-electron chi connectivity index (χ1n) is 13.6. The highest BCUT2D eigenvalue weighted by atomic mass is 19.4. The molecule has 1 saturated heterocycles. The largest absolute Gasteiger partial charge is 0.453 e. The molecule has 0 amide bonds. The number of likely N-dealkylation sites (tertiary alicyclic amines) is 1. The molecule has 1 fully saturated rings. The molecule has 1 atom stereocenters. The summed E-state index contributed by atoms with van der Waals surface area (Å²) in [6.07, 6.45) is 2.07. The minimum atomic E-state index is -4.69. The molecule has 1 aliphatic carbocycles. The zero-order chi connectivity index (χ0) is 27.0. The molecule has 9 heteroatoms. The second-order valence-electron chi connectivity index (χ2n) is 10.5. The number of nitrogens with one attached hydrogen (secondary N) is 1. The van der Waals surface area contributed by atoms with Gasteiger partial charge in [0, 0.05) is 17.3 Å². The first-order valence-corrected chi connectivity index (χ1v) is 13.6. The maximum absolute atomic E-state index is 13.7. The Labute approximate surface area is 225 Å². The highest BCUT2D eigenvalue weighted by molar-refractivity contribution is 5.62. The lowest BCUT2D eigenvalue weighted by molar-refractivity contribution is -0.144. The van der Waals surface area contributed by atoms with Gasteiger partial charge in [0.1, 0.15) is 0 Å². The summed E-state index contributed by atoms with van der Waals surface area (Å²) in [5, 5.41) is 6.98. The first kappa shape index (κ1) is 25.6. The highest BCUT2D eigenvalue weighted by Gasteiger charge is 2.38. The van der Waals surface area contributed by atoms with Crippen LogP contribution < -0.4 is 5.32 Å². The predicted molar refractivity (Wildman–Crippen MR) is 145 cm³/mol. The fourth-order valence-electron chi connectivity index (χ4n) is 5.73. The second-order valence-corrected chi connectivity index (χ2v) is 10.5. The van der Waals surface area contributed by atoms with Crippen molar-refractivity contribution in [2.24, 2.45) is 0 Å². The third kappa shape index (κ3) is 5.41. The Kier molecular flexibility index (Phi) is 6.85. The Balaban J connectivity index is 1.32. The predicted octanol–water partition coefficient (Wildman–Crippen LogP) is 6.74. The zero-order valence-electron chi connectivity index (χ0n) is 21.9.